The second-order valence-corrected chi connectivity index (χ2v) is 36.9. The van der Waals surface area contributed by atoms with Crippen LogP contribution in [0.1, 0.15) is 16.7 Å². The molecule has 0 aliphatic rings. The first kappa shape index (κ1) is 86.1. The van der Waals surface area contributed by atoms with Gasteiger partial charge in [-0.2, -0.15) is 10.5 Å². The van der Waals surface area contributed by atoms with E-state index in [4.69, 9.17) is 19.4 Å². The van der Waals surface area contributed by atoms with E-state index in [0.29, 0.717) is 11.1 Å². The van der Waals surface area contributed by atoms with Gasteiger partial charge in [-0.25, -0.2) is 4.98 Å². The monoisotopic (exact) mass is 1790 g/mol. The minimum atomic E-state index is -0.446. The van der Waals surface area contributed by atoms with E-state index in [1.807, 2.05) is 104 Å². The minimum absolute atomic E-state index is 0. The Labute approximate surface area is 736 Å². The second kappa shape index (κ2) is 45.4. The molecule has 0 saturated carbocycles. The third-order valence-electron chi connectivity index (χ3n) is 19.2. The standard InChI is InChI=1S/C18H10N2O.4C18H15P.C14H9NO.C5H4BrN.Pd/c19-11-12-7-8-13-14-4-3-5-15(16-6-1-2-9-20-16)18(14)21-17(13)10-12;4*1-4-10-16(11-5-1)19(17-12-6-2-7-13-17)18-14-8-3-9-15-18;1-9-3-2-4-12-11-6-5-10(8-15)7-13(11)16-14(9)12;6-5-3-1-2-4-7-5;/h1-10H;4*1-15H;2-7H,1H3;1-4H;. The van der Waals surface area contributed by atoms with Gasteiger partial charge in [-0.3, -0.25) is 4.98 Å². The number of halogens is 1. The van der Waals surface area contributed by atoms with Crippen LogP contribution in [0.2, 0.25) is 0 Å². The number of benzene rings is 16. The second-order valence-electron chi connectivity index (χ2n) is 27.2. The maximum Gasteiger partial charge on any atom is 0.144 e. The molecule has 0 atom stereocenters. The van der Waals surface area contributed by atoms with Gasteiger partial charge < -0.3 is 8.83 Å². The molecule has 0 spiro atoms. The zero-order valence-corrected chi connectivity index (χ0v) is 73.0. The van der Waals surface area contributed by atoms with Crippen molar-refractivity contribution in [1.29, 1.82) is 10.5 Å². The van der Waals surface area contributed by atoms with Gasteiger partial charge in [-0.1, -0.05) is 406 Å². The quantitative estimate of drug-likeness (QED) is 0.0648. The maximum absolute atomic E-state index is 9.00. The van der Waals surface area contributed by atoms with Gasteiger partial charge in [0.25, 0.3) is 0 Å². The minimum Gasteiger partial charge on any atom is -0.456 e. The number of nitriles is 2. The Bertz CT molecular complexity index is 5710. The van der Waals surface area contributed by atoms with E-state index in [1.54, 1.807) is 24.5 Å². The zero-order valence-electron chi connectivity index (χ0n) is 66.3. The number of fused-ring (bicyclic) bond motifs is 6. The van der Waals surface area contributed by atoms with Crippen molar-refractivity contribution in [2.45, 2.75) is 6.92 Å². The summed E-state index contributed by atoms with van der Waals surface area (Å²) in [6, 6.07) is 168. The van der Waals surface area contributed by atoms with Crippen molar-refractivity contribution < 1.29 is 29.3 Å². The van der Waals surface area contributed by atoms with Crippen LogP contribution in [0.15, 0.2) is 499 Å². The molecule has 0 radical (unpaired) electrons. The van der Waals surface area contributed by atoms with Crippen LogP contribution in [-0.2, 0) is 20.4 Å². The number of hydrogen-bond acceptors (Lipinski definition) is 6. The van der Waals surface area contributed by atoms with Crippen LogP contribution in [-0.4, -0.2) is 9.97 Å². The van der Waals surface area contributed by atoms with Gasteiger partial charge in [0, 0.05) is 59.9 Å². The summed E-state index contributed by atoms with van der Waals surface area (Å²) in [5.41, 5.74) is 7.41. The molecule has 0 unspecified atom stereocenters. The molecule has 0 bridgehead atoms. The van der Waals surface area contributed by atoms with Crippen LogP contribution in [0.3, 0.4) is 0 Å². The molecule has 0 amide bonds. The maximum atomic E-state index is 9.00. The summed E-state index contributed by atoms with van der Waals surface area (Å²) in [7, 11) is -1.78. The van der Waals surface area contributed by atoms with Crippen LogP contribution in [0.5, 0.6) is 0 Å². The van der Waals surface area contributed by atoms with E-state index in [9.17, 15) is 0 Å². The molecule has 6 nitrogen and oxygen atoms in total. The van der Waals surface area contributed by atoms with E-state index in [2.05, 4.69) is 402 Å². The molecule has 0 aliphatic heterocycles. The number of hydrogen-bond donors (Lipinski definition) is 0. The van der Waals surface area contributed by atoms with Gasteiger partial charge in [-0.05, 0) is 190 Å². The third kappa shape index (κ3) is 23.4. The first-order chi connectivity index (χ1) is 59.3. The van der Waals surface area contributed by atoms with Crippen molar-refractivity contribution in [2.24, 2.45) is 0 Å². The average Bonchev–Trinajstić information content (AvgIpc) is 1.62. The molecule has 4 aromatic heterocycles. The summed E-state index contributed by atoms with van der Waals surface area (Å²) >= 11 is 3.20. The molecule has 16 aromatic carbocycles. The fourth-order valence-electron chi connectivity index (χ4n) is 13.7. The first-order valence-electron chi connectivity index (χ1n) is 39.3. The molecule has 0 aliphatic carbocycles. The molecular weight excluding hydrogens is 1710 g/mol. The van der Waals surface area contributed by atoms with Gasteiger partial charge in [0.05, 0.1) is 29.0 Å². The summed E-state index contributed by atoms with van der Waals surface area (Å²) in [4.78, 5) is 8.29. The third-order valence-corrected chi connectivity index (χ3v) is 29.4. The van der Waals surface area contributed by atoms with Crippen molar-refractivity contribution in [2.75, 3.05) is 0 Å². The van der Waals surface area contributed by atoms with Crippen molar-refractivity contribution in [3.63, 3.8) is 0 Å². The number of furan rings is 2. The Balaban J connectivity index is 0.000000123. The summed E-state index contributed by atoms with van der Waals surface area (Å²) in [5.74, 6) is 0. The van der Waals surface area contributed by atoms with Gasteiger partial charge in [-0.15, -0.1) is 0 Å². The number of nitrogens with zero attached hydrogens (tertiary/aromatic N) is 4. The SMILES string of the molecule is Brc1ccccn1.Cc1cccc2c1oc1cc(C#N)ccc12.N#Cc1ccc2c(c1)oc1c(-c3ccccn3)cccc12.[Pd].c1ccc(P(c2ccccc2)c2ccccc2)cc1.c1ccc(P(c2ccccc2)c2ccccc2)cc1.c1ccc(P(c2ccccc2)c2ccccc2)cc1.c1ccc(P(c2ccccc2)c2ccccc2)cc1. The summed E-state index contributed by atoms with van der Waals surface area (Å²) in [6.45, 7) is 2.02. The molecule has 0 saturated heterocycles. The molecule has 4 heterocycles. The van der Waals surface area contributed by atoms with Crippen molar-refractivity contribution >= 4 is 155 Å². The number of aryl methyl sites for hydroxylation is 1. The van der Waals surface area contributed by atoms with E-state index in [-0.39, 0.29) is 20.4 Å². The molecule has 588 valence electrons. The summed E-state index contributed by atoms with van der Waals surface area (Å²) < 4.78 is 12.6. The average molecular weight is 1790 g/mol. The van der Waals surface area contributed by atoms with E-state index in [1.165, 1.54) is 63.7 Å². The first-order valence-corrected chi connectivity index (χ1v) is 45.5. The molecule has 20 aromatic rings. The van der Waals surface area contributed by atoms with Gasteiger partial charge in [0.1, 0.15) is 26.9 Å². The van der Waals surface area contributed by atoms with Crippen LogP contribution >= 0.6 is 47.6 Å². The van der Waals surface area contributed by atoms with Crippen molar-refractivity contribution in [3.05, 3.63) is 507 Å². The number of rotatable bonds is 13. The van der Waals surface area contributed by atoms with Gasteiger partial charge >= 0.3 is 0 Å². The van der Waals surface area contributed by atoms with Crippen LogP contribution in [0, 0.1) is 29.6 Å². The Kier molecular flexibility index (Phi) is 32.3. The van der Waals surface area contributed by atoms with E-state index >= 15 is 0 Å². The van der Waals surface area contributed by atoms with Crippen molar-refractivity contribution in [1.82, 2.24) is 9.97 Å². The molecule has 0 N–H and O–H groups in total. The Morgan fingerprint density at radius 1 is 0.248 bits per heavy atom. The van der Waals surface area contributed by atoms with Gasteiger partial charge in [0.2, 0.25) is 0 Å². The van der Waals surface area contributed by atoms with Gasteiger partial charge in [0.15, 0.2) is 0 Å². The number of aromatic nitrogens is 2. The van der Waals surface area contributed by atoms with Crippen LogP contribution < -0.4 is 63.7 Å². The van der Waals surface area contributed by atoms with Crippen LogP contribution in [0.4, 0.5) is 0 Å². The van der Waals surface area contributed by atoms with E-state index < -0.39 is 31.7 Å². The zero-order chi connectivity index (χ0) is 82.1. The summed E-state index contributed by atoms with van der Waals surface area (Å²) in [6.07, 6.45) is 3.51. The fourth-order valence-corrected chi connectivity index (χ4v) is 23.1. The predicted molar refractivity (Wildman–Crippen MR) is 517 cm³/mol. The Morgan fingerprint density at radius 3 is 0.736 bits per heavy atom. The molecular formula is C109H83BrN4O2P4Pd. The summed E-state index contributed by atoms with van der Waals surface area (Å²) in [5, 5.41) is 38.8. The molecule has 121 heavy (non-hydrogen) atoms. The molecule has 20 rings (SSSR count). The largest absolute Gasteiger partial charge is 0.456 e. The number of pyridine rings is 2. The Hall–Kier alpha value is -12.7. The number of para-hydroxylation sites is 2. The smallest absolute Gasteiger partial charge is 0.144 e. The molecule has 12 heteroatoms. The predicted octanol–water partition coefficient (Wildman–Crippen LogP) is 23.9. The van der Waals surface area contributed by atoms with E-state index in [0.717, 1.165) is 65.3 Å². The topological polar surface area (TPSA) is 99.6 Å². The molecule has 0 fully saturated rings. The van der Waals surface area contributed by atoms with Crippen LogP contribution in [0.25, 0.3) is 55.1 Å². The Morgan fingerprint density at radius 2 is 0.496 bits per heavy atom. The fraction of sp³-hybridized carbons (Fsp3) is 0.00917. The normalized spacial score (nSPS) is 10.4. The van der Waals surface area contributed by atoms with Crippen molar-refractivity contribution in [3.8, 4) is 23.4 Å².